The molecule has 1 aromatic heterocycles. The third-order valence-electron chi connectivity index (χ3n) is 5.04. The molecule has 2 heterocycles. The molecule has 0 amide bonds. The summed E-state index contributed by atoms with van der Waals surface area (Å²) in [5, 5.41) is 60.7. The van der Waals surface area contributed by atoms with E-state index < -0.39 is 53.6 Å². The van der Waals surface area contributed by atoms with Gasteiger partial charge in [0.25, 0.3) is 5.56 Å². The SMILES string of the molecule is CCCCCCC(F)N(O)[C@@]1(O)[C@H](O)[C@@H](CO)O[C@@]1(O)n1cc(C#N)c(=O)[nH]c1=O. The number of hydrogen-bond donors (Lipinski definition) is 6. The number of aromatic nitrogens is 2. The molecular formula is C17H25FN4O8. The Bertz CT molecular complexity index is 901. The molecule has 1 fully saturated rings. The Morgan fingerprint density at radius 2 is 2.07 bits per heavy atom. The van der Waals surface area contributed by atoms with Gasteiger partial charge in [-0.05, 0) is 12.8 Å². The molecule has 1 aliphatic rings. The summed E-state index contributed by atoms with van der Waals surface area (Å²) < 4.78 is 19.8. The van der Waals surface area contributed by atoms with Crippen LogP contribution in [0.3, 0.4) is 0 Å². The van der Waals surface area contributed by atoms with Gasteiger partial charge in [-0.1, -0.05) is 26.2 Å². The van der Waals surface area contributed by atoms with Crippen molar-refractivity contribution in [3.05, 3.63) is 32.6 Å². The lowest BCUT2D eigenvalue weighted by Crippen LogP contribution is -2.69. The van der Waals surface area contributed by atoms with Crippen LogP contribution >= 0.6 is 0 Å². The van der Waals surface area contributed by atoms with Crippen LogP contribution in [0, 0.1) is 11.3 Å². The molecule has 0 spiro atoms. The first-order valence-corrected chi connectivity index (χ1v) is 9.38. The van der Waals surface area contributed by atoms with E-state index in [9.17, 15) is 39.6 Å². The van der Waals surface area contributed by atoms with Crippen molar-refractivity contribution < 1.29 is 34.8 Å². The van der Waals surface area contributed by atoms with E-state index in [0.717, 1.165) is 12.8 Å². The molecule has 0 saturated carbocycles. The fraction of sp³-hybridized carbons (Fsp3) is 0.706. The lowest BCUT2D eigenvalue weighted by molar-refractivity contribution is -0.428. The van der Waals surface area contributed by atoms with Gasteiger partial charge in [-0.15, -0.1) is 5.06 Å². The van der Waals surface area contributed by atoms with E-state index in [1.807, 2.05) is 6.92 Å². The third-order valence-corrected chi connectivity index (χ3v) is 5.04. The Hall–Kier alpha value is -2.18. The number of rotatable bonds is 9. The highest BCUT2D eigenvalue weighted by Gasteiger charge is 2.71. The van der Waals surface area contributed by atoms with Gasteiger partial charge >= 0.3 is 11.6 Å². The van der Waals surface area contributed by atoms with Gasteiger partial charge in [0, 0.05) is 6.20 Å². The molecule has 12 nitrogen and oxygen atoms in total. The fourth-order valence-corrected chi connectivity index (χ4v) is 3.32. The normalized spacial score (nSPS) is 29.8. The van der Waals surface area contributed by atoms with Crippen molar-refractivity contribution in [2.75, 3.05) is 6.61 Å². The summed E-state index contributed by atoms with van der Waals surface area (Å²) in [5.41, 5.74) is -6.57. The first kappa shape index (κ1) is 24.1. The van der Waals surface area contributed by atoms with Crippen molar-refractivity contribution in [1.29, 1.82) is 5.26 Å². The summed E-state index contributed by atoms with van der Waals surface area (Å²) in [6.45, 7) is 0.947. The smallest absolute Gasteiger partial charge is 0.332 e. The van der Waals surface area contributed by atoms with E-state index in [1.54, 1.807) is 4.98 Å². The maximum atomic E-state index is 14.7. The number of hydrogen-bond acceptors (Lipinski definition) is 10. The number of hydroxylamine groups is 2. The minimum absolute atomic E-state index is 0.124. The molecule has 1 unspecified atom stereocenters. The second kappa shape index (κ2) is 9.31. The molecule has 2 rings (SSSR count). The van der Waals surface area contributed by atoms with Crippen LogP contribution in [0.15, 0.2) is 15.8 Å². The van der Waals surface area contributed by atoms with Crippen LogP contribution < -0.4 is 11.2 Å². The maximum absolute atomic E-state index is 14.7. The molecule has 6 N–H and O–H groups in total. The zero-order chi connectivity index (χ0) is 22.7. The molecule has 30 heavy (non-hydrogen) atoms. The van der Waals surface area contributed by atoms with E-state index in [-0.39, 0.29) is 16.1 Å². The summed E-state index contributed by atoms with van der Waals surface area (Å²) in [7, 11) is 0. The van der Waals surface area contributed by atoms with Crippen LogP contribution in [-0.2, 0) is 10.6 Å². The highest BCUT2D eigenvalue weighted by Crippen LogP contribution is 2.44. The number of ether oxygens (including phenoxy) is 1. The monoisotopic (exact) mass is 432 g/mol. The van der Waals surface area contributed by atoms with Gasteiger partial charge in [-0.2, -0.15) is 5.26 Å². The maximum Gasteiger partial charge on any atom is 0.332 e. The molecule has 0 bridgehead atoms. The molecule has 1 aliphatic heterocycles. The van der Waals surface area contributed by atoms with Gasteiger partial charge in [0.15, 0.2) is 6.30 Å². The molecule has 1 aromatic rings. The molecule has 168 valence electrons. The number of aromatic amines is 1. The first-order chi connectivity index (χ1) is 14.1. The standard InChI is InChI=1S/C17H25FN4O8/c1-2-3-4-5-6-12(18)22(29)16(27)13(24)11(9-23)30-17(16,28)21-8-10(7-19)14(25)20-15(21)26/h8,11-13,23-24,27-29H,2-6,9H2,1H3,(H,20,25,26)/t11-,12?,13-,16-,17-/m1/s1. The number of aliphatic hydroxyl groups is 4. The van der Waals surface area contributed by atoms with E-state index in [4.69, 9.17) is 10.00 Å². The first-order valence-electron chi connectivity index (χ1n) is 9.38. The Balaban J connectivity index is 2.53. The number of aliphatic hydroxyl groups excluding tert-OH is 2. The Kier molecular flexibility index (Phi) is 7.48. The molecule has 1 saturated heterocycles. The second-order valence-electron chi connectivity index (χ2n) is 7.03. The van der Waals surface area contributed by atoms with Gasteiger partial charge in [-0.25, -0.2) is 13.8 Å². The van der Waals surface area contributed by atoms with Crippen LogP contribution in [0.1, 0.15) is 44.6 Å². The summed E-state index contributed by atoms with van der Waals surface area (Å²) in [6, 6.07) is 1.45. The summed E-state index contributed by atoms with van der Waals surface area (Å²) in [6.07, 6.45) is -3.55. The Morgan fingerprint density at radius 3 is 2.63 bits per heavy atom. The zero-order valence-corrected chi connectivity index (χ0v) is 16.2. The molecule has 13 heteroatoms. The minimum Gasteiger partial charge on any atom is -0.394 e. The van der Waals surface area contributed by atoms with Crippen molar-refractivity contribution >= 4 is 0 Å². The highest BCUT2D eigenvalue weighted by atomic mass is 19.1. The molecule has 5 atom stereocenters. The predicted octanol–water partition coefficient (Wildman–Crippen LogP) is -1.59. The topological polar surface area (TPSA) is 192 Å². The molecule has 0 aliphatic carbocycles. The number of nitrogens with zero attached hydrogens (tertiary/aromatic N) is 3. The Labute approximate surface area is 169 Å². The van der Waals surface area contributed by atoms with Gasteiger partial charge in [0.1, 0.15) is 23.8 Å². The van der Waals surface area contributed by atoms with Crippen LogP contribution in [0.2, 0.25) is 0 Å². The number of H-pyrrole nitrogens is 1. The van der Waals surface area contributed by atoms with Crippen LogP contribution in [0.4, 0.5) is 4.39 Å². The number of halogens is 1. The highest BCUT2D eigenvalue weighted by molar-refractivity contribution is 5.22. The van der Waals surface area contributed by atoms with E-state index in [0.29, 0.717) is 19.0 Å². The summed E-state index contributed by atoms with van der Waals surface area (Å²) in [5.74, 6) is -3.38. The van der Waals surface area contributed by atoms with Gasteiger partial charge in [0.2, 0.25) is 5.72 Å². The van der Waals surface area contributed by atoms with Gasteiger partial charge < -0.3 is 30.4 Å². The molecule has 0 aromatic carbocycles. The number of alkyl halides is 1. The van der Waals surface area contributed by atoms with Crippen LogP contribution in [0.25, 0.3) is 0 Å². The minimum atomic E-state index is -3.39. The van der Waals surface area contributed by atoms with Gasteiger partial charge in [0.05, 0.1) is 6.61 Å². The van der Waals surface area contributed by atoms with E-state index in [1.165, 1.54) is 6.07 Å². The molecule has 0 radical (unpaired) electrons. The van der Waals surface area contributed by atoms with Gasteiger partial charge in [-0.3, -0.25) is 9.78 Å². The predicted molar refractivity (Wildman–Crippen MR) is 96.4 cm³/mol. The summed E-state index contributed by atoms with van der Waals surface area (Å²) >= 11 is 0. The van der Waals surface area contributed by atoms with Crippen molar-refractivity contribution in [3.8, 4) is 6.07 Å². The third kappa shape index (κ3) is 3.91. The Morgan fingerprint density at radius 1 is 1.40 bits per heavy atom. The van der Waals surface area contributed by atoms with Crippen LogP contribution in [0.5, 0.6) is 0 Å². The van der Waals surface area contributed by atoms with Crippen molar-refractivity contribution in [3.63, 3.8) is 0 Å². The van der Waals surface area contributed by atoms with Crippen molar-refractivity contribution in [2.45, 2.75) is 69.2 Å². The van der Waals surface area contributed by atoms with Crippen molar-refractivity contribution in [2.24, 2.45) is 0 Å². The lowest BCUT2D eigenvalue weighted by Gasteiger charge is -2.43. The molecular weight excluding hydrogens is 407 g/mol. The van der Waals surface area contributed by atoms with E-state index in [2.05, 4.69) is 0 Å². The average Bonchev–Trinajstić information content (AvgIpc) is 2.92. The van der Waals surface area contributed by atoms with E-state index >= 15 is 0 Å². The fourth-order valence-electron chi connectivity index (χ4n) is 3.32. The van der Waals surface area contributed by atoms with Crippen molar-refractivity contribution in [1.82, 2.24) is 14.6 Å². The second-order valence-corrected chi connectivity index (χ2v) is 7.03. The quantitative estimate of drug-likeness (QED) is 0.115. The zero-order valence-electron chi connectivity index (χ0n) is 16.2. The number of nitriles is 1. The lowest BCUT2D eigenvalue weighted by atomic mass is 10.00. The number of nitrogens with one attached hydrogen (secondary N) is 1. The number of unbranched alkanes of at least 4 members (excludes halogenated alkanes) is 3. The van der Waals surface area contributed by atoms with Crippen LogP contribution in [-0.4, -0.2) is 71.1 Å². The summed E-state index contributed by atoms with van der Waals surface area (Å²) in [4.78, 5) is 25.6. The largest absolute Gasteiger partial charge is 0.394 e. The average molecular weight is 432 g/mol.